The van der Waals surface area contributed by atoms with Gasteiger partial charge in [0, 0.05) is 27.6 Å². The van der Waals surface area contributed by atoms with E-state index in [4.69, 9.17) is 11.6 Å². The number of benzene rings is 2. The Labute approximate surface area is 169 Å². The lowest BCUT2D eigenvalue weighted by Crippen LogP contribution is -2.40. The van der Waals surface area contributed by atoms with Gasteiger partial charge in [-0.3, -0.25) is 0 Å². The van der Waals surface area contributed by atoms with Crippen LogP contribution < -0.4 is 5.32 Å². The van der Waals surface area contributed by atoms with Gasteiger partial charge >= 0.3 is 0 Å². The van der Waals surface area contributed by atoms with E-state index < -0.39 is 0 Å². The molecular weight excluding hydrogens is 368 g/mol. The molecule has 140 valence electrons. The molecule has 0 aliphatic carbocycles. The minimum absolute atomic E-state index is 0.0173. The van der Waals surface area contributed by atoms with Gasteiger partial charge in [-0.25, -0.2) is 9.97 Å². The average Bonchev–Trinajstić information content (AvgIpc) is 3.24. The fourth-order valence-electron chi connectivity index (χ4n) is 4.42. The predicted molar refractivity (Wildman–Crippen MR) is 114 cm³/mol. The lowest BCUT2D eigenvalue weighted by Gasteiger charge is -2.39. The highest BCUT2D eigenvalue weighted by molar-refractivity contribution is 6.30. The second-order valence-electron chi connectivity index (χ2n) is 7.38. The van der Waals surface area contributed by atoms with Crippen LogP contribution in [0, 0.1) is 0 Å². The molecule has 5 heteroatoms. The maximum atomic E-state index is 6.14. The Bertz CT molecular complexity index is 1090. The number of hydrogen-bond acceptors (Lipinski definition) is 3. The smallest absolute Gasteiger partial charge is 0.141 e. The summed E-state index contributed by atoms with van der Waals surface area (Å²) < 4.78 is 0. The number of halogens is 1. The number of piperidine rings is 1. The molecular formula is C23H21ClN4. The molecule has 2 aromatic heterocycles. The third-order valence-electron chi connectivity index (χ3n) is 5.92. The van der Waals surface area contributed by atoms with Gasteiger partial charge in [0.05, 0.1) is 5.69 Å². The topological polar surface area (TPSA) is 53.6 Å². The lowest BCUT2D eigenvalue weighted by molar-refractivity contribution is 0.362. The van der Waals surface area contributed by atoms with Crippen molar-refractivity contribution in [1.82, 2.24) is 20.3 Å². The van der Waals surface area contributed by atoms with Crippen LogP contribution >= 0.6 is 11.6 Å². The first kappa shape index (κ1) is 17.4. The molecule has 0 spiro atoms. The van der Waals surface area contributed by atoms with Gasteiger partial charge in [-0.2, -0.15) is 0 Å². The van der Waals surface area contributed by atoms with Crippen LogP contribution in [0.2, 0.25) is 5.02 Å². The molecule has 5 rings (SSSR count). The normalized spacial score (nSPS) is 16.3. The molecule has 0 bridgehead atoms. The van der Waals surface area contributed by atoms with Crippen LogP contribution in [-0.2, 0) is 5.41 Å². The van der Waals surface area contributed by atoms with Crippen molar-refractivity contribution >= 4 is 22.6 Å². The van der Waals surface area contributed by atoms with Crippen LogP contribution in [0.5, 0.6) is 0 Å². The highest BCUT2D eigenvalue weighted by Gasteiger charge is 2.35. The Hall–Kier alpha value is -2.69. The molecule has 0 atom stereocenters. The maximum Gasteiger partial charge on any atom is 0.141 e. The van der Waals surface area contributed by atoms with Crippen LogP contribution in [0.1, 0.15) is 24.0 Å². The number of fused-ring (bicyclic) bond motifs is 1. The molecule has 0 amide bonds. The van der Waals surface area contributed by atoms with Crippen LogP contribution in [0.25, 0.3) is 22.3 Å². The minimum atomic E-state index is 0.0173. The van der Waals surface area contributed by atoms with E-state index in [1.54, 1.807) is 6.33 Å². The van der Waals surface area contributed by atoms with Gasteiger partial charge in [0.15, 0.2) is 0 Å². The van der Waals surface area contributed by atoms with Crippen molar-refractivity contribution < 1.29 is 0 Å². The summed E-state index contributed by atoms with van der Waals surface area (Å²) in [4.78, 5) is 12.0. The second-order valence-corrected chi connectivity index (χ2v) is 7.82. The molecule has 28 heavy (non-hydrogen) atoms. The van der Waals surface area contributed by atoms with E-state index in [1.165, 1.54) is 11.1 Å². The molecule has 0 unspecified atom stereocenters. The van der Waals surface area contributed by atoms with E-state index in [0.717, 1.165) is 53.2 Å². The number of hydrogen-bond donors (Lipinski definition) is 2. The zero-order valence-electron chi connectivity index (χ0n) is 15.5. The van der Waals surface area contributed by atoms with Gasteiger partial charge in [0.1, 0.15) is 12.0 Å². The SMILES string of the molecule is Clc1ccc(C2(c3ccc(-c4ncnc5[nH]ccc45)cc3)CCNCC2)cc1. The van der Waals surface area contributed by atoms with Crippen molar-refractivity contribution in [3.63, 3.8) is 0 Å². The first-order valence-electron chi connectivity index (χ1n) is 9.62. The summed E-state index contributed by atoms with van der Waals surface area (Å²) in [5.74, 6) is 0. The zero-order valence-corrected chi connectivity index (χ0v) is 16.2. The molecule has 4 nitrogen and oxygen atoms in total. The second kappa shape index (κ2) is 7.04. The van der Waals surface area contributed by atoms with Crippen molar-refractivity contribution in [3.05, 3.63) is 83.3 Å². The van der Waals surface area contributed by atoms with Crippen molar-refractivity contribution in [2.24, 2.45) is 0 Å². The molecule has 1 aliphatic heterocycles. The maximum absolute atomic E-state index is 6.14. The van der Waals surface area contributed by atoms with Gasteiger partial charge in [0.25, 0.3) is 0 Å². The summed E-state index contributed by atoms with van der Waals surface area (Å²) in [6.07, 6.45) is 5.67. The Morgan fingerprint density at radius 2 is 1.50 bits per heavy atom. The van der Waals surface area contributed by atoms with Crippen LogP contribution in [0.15, 0.2) is 67.1 Å². The van der Waals surface area contributed by atoms with Gasteiger partial charge in [-0.15, -0.1) is 0 Å². The Balaban J connectivity index is 1.57. The molecule has 2 aromatic carbocycles. The summed E-state index contributed by atoms with van der Waals surface area (Å²) >= 11 is 6.14. The third-order valence-corrected chi connectivity index (χ3v) is 6.17. The standard InChI is InChI=1S/C23H21ClN4/c24-19-7-5-18(6-8-19)23(10-13-25-14-11-23)17-3-1-16(2-4-17)21-20-9-12-26-22(20)28-15-27-21/h1-9,12,15,25H,10-11,13-14H2,(H,26,27,28). The largest absolute Gasteiger partial charge is 0.346 e. The van der Waals surface area contributed by atoms with E-state index in [-0.39, 0.29) is 5.41 Å². The Morgan fingerprint density at radius 1 is 0.821 bits per heavy atom. The molecule has 0 saturated carbocycles. The van der Waals surface area contributed by atoms with Crippen LogP contribution in [0.3, 0.4) is 0 Å². The lowest BCUT2D eigenvalue weighted by atomic mass is 9.68. The molecule has 1 aliphatic rings. The van der Waals surface area contributed by atoms with Crippen LogP contribution in [0.4, 0.5) is 0 Å². The first-order valence-corrected chi connectivity index (χ1v) is 10.00. The summed E-state index contributed by atoms with van der Waals surface area (Å²) in [6, 6.07) is 19.3. The zero-order chi connectivity index (χ0) is 19.0. The first-order chi connectivity index (χ1) is 13.8. The molecule has 4 aromatic rings. The van der Waals surface area contributed by atoms with Gasteiger partial charge in [-0.05, 0) is 55.3 Å². The van der Waals surface area contributed by atoms with Gasteiger partial charge in [0.2, 0.25) is 0 Å². The van der Waals surface area contributed by atoms with E-state index in [9.17, 15) is 0 Å². The highest BCUT2D eigenvalue weighted by atomic mass is 35.5. The fraction of sp³-hybridized carbons (Fsp3) is 0.217. The summed E-state index contributed by atoms with van der Waals surface area (Å²) in [5.41, 5.74) is 5.63. The highest BCUT2D eigenvalue weighted by Crippen LogP contribution is 2.41. The minimum Gasteiger partial charge on any atom is -0.346 e. The summed E-state index contributed by atoms with van der Waals surface area (Å²) in [6.45, 7) is 2.03. The summed E-state index contributed by atoms with van der Waals surface area (Å²) in [5, 5.41) is 5.32. The molecule has 1 fully saturated rings. The van der Waals surface area contributed by atoms with E-state index >= 15 is 0 Å². The quantitative estimate of drug-likeness (QED) is 0.522. The number of aromatic nitrogens is 3. The van der Waals surface area contributed by atoms with Gasteiger partial charge in [-0.1, -0.05) is 48.0 Å². The fourth-order valence-corrected chi connectivity index (χ4v) is 4.54. The van der Waals surface area contributed by atoms with E-state index in [0.29, 0.717) is 0 Å². The Morgan fingerprint density at radius 3 is 2.21 bits per heavy atom. The van der Waals surface area contributed by atoms with Crippen molar-refractivity contribution in [2.75, 3.05) is 13.1 Å². The number of nitrogens with one attached hydrogen (secondary N) is 2. The number of H-pyrrole nitrogens is 1. The van der Waals surface area contributed by atoms with Crippen molar-refractivity contribution in [1.29, 1.82) is 0 Å². The molecule has 0 radical (unpaired) electrons. The molecule has 1 saturated heterocycles. The van der Waals surface area contributed by atoms with Crippen LogP contribution in [-0.4, -0.2) is 28.0 Å². The number of nitrogens with zero attached hydrogens (tertiary/aromatic N) is 2. The van der Waals surface area contributed by atoms with Crippen molar-refractivity contribution in [3.8, 4) is 11.3 Å². The third kappa shape index (κ3) is 2.89. The monoisotopic (exact) mass is 388 g/mol. The van der Waals surface area contributed by atoms with E-state index in [2.05, 4.69) is 56.7 Å². The van der Waals surface area contributed by atoms with Gasteiger partial charge < -0.3 is 10.3 Å². The Kier molecular flexibility index (Phi) is 4.38. The predicted octanol–water partition coefficient (Wildman–Crippen LogP) is 4.95. The molecule has 3 heterocycles. The average molecular weight is 389 g/mol. The number of rotatable bonds is 3. The molecule has 2 N–H and O–H groups in total. The summed E-state index contributed by atoms with van der Waals surface area (Å²) in [7, 11) is 0. The number of aromatic amines is 1. The van der Waals surface area contributed by atoms with E-state index in [1.807, 2.05) is 24.4 Å². The van der Waals surface area contributed by atoms with Crippen molar-refractivity contribution in [2.45, 2.75) is 18.3 Å².